The fraction of sp³-hybridized carbons (Fsp3) is 1.00. The van der Waals surface area contributed by atoms with Crippen LogP contribution in [0.15, 0.2) is 0 Å². The predicted molar refractivity (Wildman–Crippen MR) is 218 cm³/mol. The zero-order valence-corrected chi connectivity index (χ0v) is 34.3. The number of rotatable bonds is 6. The molecule has 0 aromatic rings. The Hall–Kier alpha value is 1.00. The summed E-state index contributed by atoms with van der Waals surface area (Å²) in [4.78, 5) is 6.72. The second-order valence-electron chi connectivity index (χ2n) is 18.9. The van der Waals surface area contributed by atoms with Crippen molar-refractivity contribution >= 4 is 47.8 Å². The smallest absolute Gasteiger partial charge is 0.0703 e. The molecule has 6 saturated heterocycles. The lowest BCUT2D eigenvalue weighted by molar-refractivity contribution is -0.0223. The number of fused-ring (bicyclic) bond motifs is 7. The number of nitrogens with one attached hydrogen (secondary N) is 8. The Morgan fingerprint density at radius 1 is 0.385 bits per heavy atom. The van der Waals surface area contributed by atoms with Crippen LogP contribution in [0.25, 0.3) is 0 Å². The zero-order valence-electron chi connectivity index (χ0n) is 31.1. The van der Waals surface area contributed by atoms with Crippen molar-refractivity contribution in [3.63, 3.8) is 0 Å². The summed E-state index contributed by atoms with van der Waals surface area (Å²) in [7, 11) is 0. The van der Waals surface area contributed by atoms with Crippen molar-refractivity contribution in [2.75, 3.05) is 23.5 Å². The first-order chi connectivity index (χ1) is 25.8. The van der Waals surface area contributed by atoms with Gasteiger partial charge in [0, 0.05) is 36.3 Å². The molecule has 16 unspecified atom stereocenters. The quantitative estimate of drug-likeness (QED) is 0.181. The van der Waals surface area contributed by atoms with Crippen LogP contribution in [0.4, 0.5) is 0 Å². The molecule has 5 aliphatic carbocycles. The second kappa shape index (κ2) is 15.6. The third-order valence-electron chi connectivity index (χ3n) is 16.8. The average Bonchev–Trinajstić information content (AvgIpc) is 4.04. The van der Waals surface area contributed by atoms with E-state index in [2.05, 4.69) is 50.0 Å². The molecule has 10 nitrogen and oxygen atoms in total. The molecule has 11 rings (SSSR count). The lowest BCUT2D eigenvalue weighted by Gasteiger charge is -2.51. The Labute approximate surface area is 330 Å². The summed E-state index contributed by atoms with van der Waals surface area (Å²) < 4.78 is 15.3. The highest BCUT2D eigenvalue weighted by molar-refractivity contribution is 7.98. The maximum Gasteiger partial charge on any atom is 0.0703 e. The van der Waals surface area contributed by atoms with Crippen molar-refractivity contribution in [1.29, 1.82) is 0 Å². The SMILES string of the molecule is C1CCC2C(C1)C1C(CCC3C4CCCCC4N(C4CC(C5NCSN5)CC(C5NCSN5)C4)C31)N2C1CC(C2NCSN2)CC(C2NCSN2)C1. The first kappa shape index (κ1) is 36.1. The summed E-state index contributed by atoms with van der Waals surface area (Å²) in [6, 6.07) is 4.69. The maximum atomic E-state index is 3.89. The van der Waals surface area contributed by atoms with E-state index in [1.165, 1.54) is 103 Å². The lowest BCUT2D eigenvalue weighted by Crippen LogP contribution is -2.59. The van der Waals surface area contributed by atoms with Gasteiger partial charge in [0.05, 0.1) is 48.2 Å². The van der Waals surface area contributed by atoms with Gasteiger partial charge in [-0.1, -0.05) is 73.5 Å². The topological polar surface area (TPSA) is 103 Å². The second-order valence-corrected chi connectivity index (χ2v) is 22.2. The molecule has 52 heavy (non-hydrogen) atoms. The molecule has 292 valence electrons. The summed E-state index contributed by atoms with van der Waals surface area (Å²) in [5, 5.41) is 15.5. The largest absolute Gasteiger partial charge is 0.294 e. The van der Waals surface area contributed by atoms with Crippen molar-refractivity contribution in [2.24, 2.45) is 47.3 Å². The van der Waals surface area contributed by atoms with E-state index in [-0.39, 0.29) is 0 Å². The van der Waals surface area contributed by atoms with Gasteiger partial charge in [-0.25, -0.2) is 18.9 Å². The highest BCUT2D eigenvalue weighted by Crippen LogP contribution is 2.61. The van der Waals surface area contributed by atoms with Gasteiger partial charge in [-0.2, -0.15) is 0 Å². The molecule has 16 atom stereocenters. The highest BCUT2D eigenvalue weighted by atomic mass is 32.2. The van der Waals surface area contributed by atoms with Crippen LogP contribution in [0, 0.1) is 47.3 Å². The van der Waals surface area contributed by atoms with E-state index in [1.807, 2.05) is 47.8 Å². The molecule has 0 spiro atoms. The van der Waals surface area contributed by atoms with Crippen molar-refractivity contribution in [3.05, 3.63) is 0 Å². The molecule has 14 heteroatoms. The first-order valence-electron chi connectivity index (χ1n) is 21.8. The Morgan fingerprint density at radius 2 is 0.827 bits per heavy atom. The highest BCUT2D eigenvalue weighted by Gasteiger charge is 2.64. The summed E-state index contributed by atoms with van der Waals surface area (Å²) in [6.45, 7) is 0. The Balaban J connectivity index is 0.932. The van der Waals surface area contributed by atoms with Gasteiger partial charge in [-0.05, 0) is 124 Å². The number of hydrogen-bond acceptors (Lipinski definition) is 14. The third kappa shape index (κ3) is 6.51. The van der Waals surface area contributed by atoms with Gasteiger partial charge < -0.3 is 0 Å². The molecule has 11 aliphatic rings. The average molecular weight is 791 g/mol. The molecule has 6 aliphatic heterocycles. The predicted octanol–water partition coefficient (Wildman–Crippen LogP) is 4.57. The molecular weight excluding hydrogens is 725 g/mol. The fourth-order valence-electron chi connectivity index (χ4n) is 15.1. The molecule has 0 bridgehead atoms. The van der Waals surface area contributed by atoms with Crippen LogP contribution in [-0.2, 0) is 0 Å². The van der Waals surface area contributed by atoms with E-state index < -0.39 is 0 Å². The summed E-state index contributed by atoms with van der Waals surface area (Å²) in [6.07, 6.45) is 24.8. The molecule has 0 amide bonds. The van der Waals surface area contributed by atoms with E-state index in [4.69, 9.17) is 0 Å². The van der Waals surface area contributed by atoms with Gasteiger partial charge in [-0.15, -0.1) is 0 Å². The molecular formula is C38H66N10S4. The van der Waals surface area contributed by atoms with Crippen molar-refractivity contribution < 1.29 is 0 Å². The monoisotopic (exact) mass is 790 g/mol. The van der Waals surface area contributed by atoms with Gasteiger partial charge in [0.1, 0.15) is 0 Å². The van der Waals surface area contributed by atoms with Gasteiger partial charge >= 0.3 is 0 Å². The number of hydrogen-bond donors (Lipinski definition) is 8. The minimum Gasteiger partial charge on any atom is -0.294 e. The fourth-order valence-corrected chi connectivity index (χ4v) is 18.3. The van der Waals surface area contributed by atoms with Crippen LogP contribution in [0.1, 0.15) is 103 Å². The zero-order chi connectivity index (χ0) is 34.2. The van der Waals surface area contributed by atoms with E-state index in [0.29, 0.717) is 48.3 Å². The Morgan fingerprint density at radius 3 is 1.31 bits per heavy atom. The molecule has 11 fully saturated rings. The molecule has 0 radical (unpaired) electrons. The van der Waals surface area contributed by atoms with Crippen molar-refractivity contribution in [3.8, 4) is 0 Å². The summed E-state index contributed by atoms with van der Waals surface area (Å²) in [5.74, 6) is 10.7. The normalized spacial score (nSPS) is 54.2. The number of likely N-dealkylation sites (tertiary alicyclic amines) is 2. The van der Waals surface area contributed by atoms with E-state index >= 15 is 0 Å². The van der Waals surface area contributed by atoms with Crippen LogP contribution in [0.5, 0.6) is 0 Å². The standard InChI is InChI=1S/C38H66N10S4/c1-3-7-30-27(5-1)28-9-10-32-33(34(28)48(30)26-15-23(37-41-19-51-45-37)12-24(16-26)38-42-20-52-46-38)29-6-2-4-8-31(29)47(32)25-13-21(35-39-17-49-43-35)11-22(14-25)36-40-18-50-44-36/h21-46H,1-20H2. The van der Waals surface area contributed by atoms with Gasteiger partial charge in [0.2, 0.25) is 0 Å². The van der Waals surface area contributed by atoms with E-state index in [0.717, 1.165) is 83.4 Å². The Bertz CT molecular complexity index is 1180. The van der Waals surface area contributed by atoms with Gasteiger partial charge in [0.25, 0.3) is 0 Å². The number of nitrogens with zero attached hydrogens (tertiary/aromatic N) is 2. The van der Waals surface area contributed by atoms with Crippen LogP contribution in [0.3, 0.4) is 0 Å². The van der Waals surface area contributed by atoms with E-state index in [1.54, 1.807) is 0 Å². The van der Waals surface area contributed by atoms with Gasteiger partial charge in [0.15, 0.2) is 0 Å². The molecule has 8 N–H and O–H groups in total. The minimum atomic E-state index is 0.463. The maximum absolute atomic E-state index is 3.89. The minimum absolute atomic E-state index is 0.463. The van der Waals surface area contributed by atoms with Crippen molar-refractivity contribution in [2.45, 2.75) is 164 Å². The lowest BCUT2D eigenvalue weighted by atomic mass is 9.64. The third-order valence-corrected chi connectivity index (χ3v) is 19.7. The molecule has 0 aromatic heterocycles. The molecule has 6 heterocycles. The van der Waals surface area contributed by atoms with Crippen LogP contribution < -0.4 is 40.2 Å². The summed E-state index contributed by atoms with van der Waals surface area (Å²) >= 11 is 7.59. The van der Waals surface area contributed by atoms with Crippen LogP contribution in [-0.4, -0.2) is 94.2 Å². The van der Waals surface area contributed by atoms with Gasteiger partial charge in [-0.3, -0.25) is 31.1 Å². The van der Waals surface area contributed by atoms with Crippen LogP contribution >= 0.6 is 47.8 Å². The van der Waals surface area contributed by atoms with Crippen molar-refractivity contribution in [1.82, 2.24) is 50.0 Å². The van der Waals surface area contributed by atoms with E-state index in [9.17, 15) is 0 Å². The summed E-state index contributed by atoms with van der Waals surface area (Å²) in [5.41, 5.74) is 0. The molecule has 5 saturated carbocycles. The van der Waals surface area contributed by atoms with Crippen LogP contribution in [0.2, 0.25) is 0 Å². The molecule has 0 aromatic carbocycles. The first-order valence-corrected chi connectivity index (χ1v) is 25.7. The Kier molecular flexibility index (Phi) is 10.9.